The smallest absolute Gasteiger partial charge is 0.222 e. The van der Waals surface area contributed by atoms with Crippen LogP contribution in [0.5, 0.6) is 0 Å². The third-order valence-electron chi connectivity index (χ3n) is 5.61. The van der Waals surface area contributed by atoms with Crippen molar-refractivity contribution in [3.8, 4) is 11.4 Å². The van der Waals surface area contributed by atoms with E-state index >= 15 is 0 Å². The maximum atomic E-state index is 4.86. The van der Waals surface area contributed by atoms with Gasteiger partial charge in [0.05, 0.1) is 11.1 Å². The number of nitrogens with one attached hydrogen (secondary N) is 2. The second-order valence-corrected chi connectivity index (χ2v) is 7.71. The average Bonchev–Trinajstić information content (AvgIpc) is 2.90. The van der Waals surface area contributed by atoms with Gasteiger partial charge < -0.3 is 10.6 Å². The Kier molecular flexibility index (Phi) is 5.89. The monoisotopic (exact) mass is 432 g/mol. The molecule has 0 aliphatic carbocycles. The SMILES string of the molecule is CNc1ncc(-c2nc(NCC(c3ccccc3)c3ccccc3)c3ccccc3n2)cn1. The molecule has 0 atom stereocenters. The minimum Gasteiger partial charge on any atom is -0.368 e. The number of benzene rings is 3. The van der Waals surface area contributed by atoms with Gasteiger partial charge in [-0.15, -0.1) is 0 Å². The quantitative estimate of drug-likeness (QED) is 0.360. The van der Waals surface area contributed by atoms with Crippen molar-refractivity contribution in [1.29, 1.82) is 0 Å². The molecule has 0 aliphatic heterocycles. The van der Waals surface area contributed by atoms with E-state index in [9.17, 15) is 0 Å². The van der Waals surface area contributed by atoms with Crippen LogP contribution in [0.2, 0.25) is 0 Å². The molecule has 0 aliphatic rings. The largest absolute Gasteiger partial charge is 0.368 e. The van der Waals surface area contributed by atoms with Crippen LogP contribution in [0.3, 0.4) is 0 Å². The third kappa shape index (κ3) is 4.50. The number of nitrogens with zero attached hydrogens (tertiary/aromatic N) is 4. The summed E-state index contributed by atoms with van der Waals surface area (Å²) >= 11 is 0. The minimum absolute atomic E-state index is 0.183. The zero-order valence-electron chi connectivity index (χ0n) is 18.3. The zero-order chi connectivity index (χ0) is 22.5. The Labute approximate surface area is 192 Å². The van der Waals surface area contributed by atoms with E-state index in [1.165, 1.54) is 11.1 Å². The third-order valence-corrected chi connectivity index (χ3v) is 5.61. The Morgan fingerprint density at radius 2 is 1.33 bits per heavy atom. The van der Waals surface area contributed by atoms with Gasteiger partial charge in [-0.3, -0.25) is 0 Å². The summed E-state index contributed by atoms with van der Waals surface area (Å²) in [5.41, 5.74) is 4.15. The maximum Gasteiger partial charge on any atom is 0.222 e. The van der Waals surface area contributed by atoms with E-state index in [0.717, 1.165) is 22.3 Å². The number of hydrogen-bond acceptors (Lipinski definition) is 6. The van der Waals surface area contributed by atoms with Crippen LogP contribution in [0.4, 0.5) is 11.8 Å². The van der Waals surface area contributed by atoms with Gasteiger partial charge in [0.15, 0.2) is 5.82 Å². The molecule has 0 amide bonds. The number of para-hydroxylation sites is 1. The van der Waals surface area contributed by atoms with Crippen LogP contribution in [-0.4, -0.2) is 33.5 Å². The second kappa shape index (κ2) is 9.44. The molecule has 33 heavy (non-hydrogen) atoms. The molecular formula is C27H24N6. The Morgan fingerprint density at radius 3 is 1.97 bits per heavy atom. The fraction of sp³-hybridized carbons (Fsp3) is 0.111. The molecule has 2 N–H and O–H groups in total. The molecular weight excluding hydrogens is 408 g/mol. The fourth-order valence-electron chi connectivity index (χ4n) is 3.91. The Morgan fingerprint density at radius 1 is 0.727 bits per heavy atom. The first-order valence-electron chi connectivity index (χ1n) is 10.9. The molecule has 0 saturated heterocycles. The van der Waals surface area contributed by atoms with Crippen molar-refractivity contribution in [2.45, 2.75) is 5.92 Å². The van der Waals surface area contributed by atoms with Crippen molar-refractivity contribution in [2.75, 3.05) is 24.2 Å². The molecule has 0 bridgehead atoms. The van der Waals surface area contributed by atoms with Gasteiger partial charge >= 0.3 is 0 Å². The highest BCUT2D eigenvalue weighted by Gasteiger charge is 2.16. The molecule has 5 aromatic rings. The van der Waals surface area contributed by atoms with Crippen molar-refractivity contribution in [3.05, 3.63) is 108 Å². The number of hydrogen-bond donors (Lipinski definition) is 2. The van der Waals surface area contributed by atoms with Crippen LogP contribution >= 0.6 is 0 Å². The van der Waals surface area contributed by atoms with Gasteiger partial charge in [-0.05, 0) is 23.3 Å². The summed E-state index contributed by atoms with van der Waals surface area (Å²) in [6.45, 7) is 0.698. The van der Waals surface area contributed by atoms with E-state index in [2.05, 4.69) is 69.1 Å². The van der Waals surface area contributed by atoms with Gasteiger partial charge in [-0.1, -0.05) is 72.8 Å². The molecule has 6 heteroatoms. The molecule has 0 spiro atoms. The summed E-state index contributed by atoms with van der Waals surface area (Å²) in [6, 6.07) is 29.1. The topological polar surface area (TPSA) is 75.6 Å². The summed E-state index contributed by atoms with van der Waals surface area (Å²) in [6.07, 6.45) is 3.48. The maximum absolute atomic E-state index is 4.86. The highest BCUT2D eigenvalue weighted by Crippen LogP contribution is 2.28. The van der Waals surface area contributed by atoms with E-state index in [0.29, 0.717) is 18.3 Å². The van der Waals surface area contributed by atoms with Crippen molar-refractivity contribution in [2.24, 2.45) is 0 Å². The lowest BCUT2D eigenvalue weighted by molar-refractivity contribution is 0.849. The summed E-state index contributed by atoms with van der Waals surface area (Å²) in [5.74, 6) is 2.13. The first-order valence-corrected chi connectivity index (χ1v) is 10.9. The Balaban J connectivity index is 1.52. The highest BCUT2D eigenvalue weighted by atomic mass is 15.1. The van der Waals surface area contributed by atoms with E-state index < -0.39 is 0 Å². The lowest BCUT2D eigenvalue weighted by Crippen LogP contribution is -2.15. The molecule has 2 heterocycles. The van der Waals surface area contributed by atoms with Gasteiger partial charge in [-0.2, -0.15) is 0 Å². The Bertz CT molecular complexity index is 1300. The van der Waals surface area contributed by atoms with Crippen LogP contribution in [-0.2, 0) is 0 Å². The van der Waals surface area contributed by atoms with Crippen LogP contribution in [0, 0.1) is 0 Å². The second-order valence-electron chi connectivity index (χ2n) is 7.71. The number of fused-ring (bicyclic) bond motifs is 1. The van der Waals surface area contributed by atoms with Crippen LogP contribution in [0.25, 0.3) is 22.3 Å². The number of rotatable bonds is 7. The van der Waals surface area contributed by atoms with Gasteiger partial charge in [0.25, 0.3) is 0 Å². The molecule has 162 valence electrons. The molecule has 3 aromatic carbocycles. The van der Waals surface area contributed by atoms with Crippen LogP contribution in [0.1, 0.15) is 17.0 Å². The summed E-state index contributed by atoms with van der Waals surface area (Å²) in [7, 11) is 1.79. The zero-order valence-corrected chi connectivity index (χ0v) is 18.3. The van der Waals surface area contributed by atoms with Crippen molar-refractivity contribution in [1.82, 2.24) is 19.9 Å². The van der Waals surface area contributed by atoms with Gasteiger partial charge in [-0.25, -0.2) is 19.9 Å². The standard InChI is InChI=1S/C27H24N6/c1-28-27-30-16-21(17-31-27)25-32-24-15-9-8-14-22(24)26(33-25)29-18-23(19-10-4-2-5-11-19)20-12-6-3-7-13-20/h2-17,23H,18H2,1H3,(H,28,30,31)(H,29,32,33). The highest BCUT2D eigenvalue weighted by molar-refractivity contribution is 5.90. The number of aromatic nitrogens is 4. The van der Waals surface area contributed by atoms with E-state index in [-0.39, 0.29) is 5.92 Å². The predicted molar refractivity (Wildman–Crippen MR) is 133 cm³/mol. The Hall–Kier alpha value is -4.32. The van der Waals surface area contributed by atoms with E-state index in [4.69, 9.17) is 9.97 Å². The molecule has 0 radical (unpaired) electrons. The number of anilines is 2. The molecule has 0 fully saturated rings. The van der Waals surface area contributed by atoms with E-state index in [1.54, 1.807) is 19.4 Å². The van der Waals surface area contributed by atoms with Crippen molar-refractivity contribution >= 4 is 22.7 Å². The van der Waals surface area contributed by atoms with Crippen LogP contribution in [0.15, 0.2) is 97.3 Å². The lowest BCUT2D eigenvalue weighted by Gasteiger charge is -2.20. The van der Waals surface area contributed by atoms with Crippen molar-refractivity contribution < 1.29 is 0 Å². The predicted octanol–water partition coefficient (Wildman–Crippen LogP) is 5.37. The molecule has 0 saturated carbocycles. The van der Waals surface area contributed by atoms with Crippen molar-refractivity contribution in [3.63, 3.8) is 0 Å². The normalized spacial score (nSPS) is 11.0. The van der Waals surface area contributed by atoms with Gasteiger partial charge in [0.2, 0.25) is 5.95 Å². The minimum atomic E-state index is 0.183. The van der Waals surface area contributed by atoms with Crippen LogP contribution < -0.4 is 10.6 Å². The fourth-order valence-corrected chi connectivity index (χ4v) is 3.91. The first-order chi connectivity index (χ1) is 16.3. The first kappa shape index (κ1) is 20.6. The van der Waals surface area contributed by atoms with E-state index in [1.807, 2.05) is 36.4 Å². The lowest BCUT2D eigenvalue weighted by atomic mass is 9.91. The average molecular weight is 433 g/mol. The molecule has 2 aromatic heterocycles. The summed E-state index contributed by atoms with van der Waals surface area (Å²) in [5, 5.41) is 7.53. The summed E-state index contributed by atoms with van der Waals surface area (Å²) < 4.78 is 0. The van der Waals surface area contributed by atoms with Gasteiger partial charge in [0.1, 0.15) is 5.82 Å². The summed E-state index contributed by atoms with van der Waals surface area (Å²) in [4.78, 5) is 18.2. The molecule has 0 unspecified atom stereocenters. The molecule has 6 nitrogen and oxygen atoms in total. The van der Waals surface area contributed by atoms with Gasteiger partial charge in [0, 0.05) is 37.3 Å². The molecule has 5 rings (SSSR count).